The number of nitrogens with zero attached hydrogens (tertiary/aromatic N) is 3. The van der Waals surface area contributed by atoms with Crippen molar-refractivity contribution in [3.63, 3.8) is 0 Å². The Morgan fingerprint density at radius 2 is 1.64 bits per heavy atom. The van der Waals surface area contributed by atoms with Crippen LogP contribution >= 0.6 is 15.9 Å². The number of likely N-dealkylation sites (tertiary alicyclic amines) is 1. The van der Waals surface area contributed by atoms with Gasteiger partial charge >= 0.3 is 6.09 Å². The van der Waals surface area contributed by atoms with Crippen molar-refractivity contribution >= 4 is 56.6 Å². The van der Waals surface area contributed by atoms with Crippen molar-refractivity contribution in [2.75, 3.05) is 20.2 Å². The van der Waals surface area contributed by atoms with Crippen LogP contribution in [0.15, 0.2) is 34.8 Å². The molecular formula is C23H20BrN3O6. The van der Waals surface area contributed by atoms with Crippen LogP contribution in [0.3, 0.4) is 0 Å². The topological polar surface area (TPSA) is 106 Å². The summed E-state index contributed by atoms with van der Waals surface area (Å²) in [6.07, 6.45) is 2.80. The third kappa shape index (κ3) is 3.31. The maximum absolute atomic E-state index is 13.2. The van der Waals surface area contributed by atoms with E-state index in [2.05, 4.69) is 15.9 Å². The molecular weight excluding hydrogens is 494 g/mol. The number of carbonyl (C=O) groups excluding carboxylic acids is 5. The highest BCUT2D eigenvalue weighted by Crippen LogP contribution is 2.42. The predicted molar refractivity (Wildman–Crippen MR) is 119 cm³/mol. The minimum absolute atomic E-state index is 0.134. The van der Waals surface area contributed by atoms with Gasteiger partial charge < -0.3 is 4.74 Å². The molecule has 1 aromatic heterocycles. The summed E-state index contributed by atoms with van der Waals surface area (Å²) in [4.78, 5) is 64.6. The largest absolute Gasteiger partial charge is 0.452 e. The number of methoxy groups -OCH3 is 1. The summed E-state index contributed by atoms with van der Waals surface area (Å²) in [6, 6.07) is 5.55. The van der Waals surface area contributed by atoms with Gasteiger partial charge in [0.1, 0.15) is 0 Å². The van der Waals surface area contributed by atoms with Gasteiger partial charge in [-0.1, -0.05) is 15.9 Å². The van der Waals surface area contributed by atoms with Crippen molar-refractivity contribution in [1.82, 2.24) is 14.4 Å². The SMILES string of the molecule is COC(=O)n1c2c(c3cc(Br)ccc31)CC1C(=O)N(CCCN3C(=O)C=CC3=O)C(=O)C1C2. The number of rotatable bonds is 4. The van der Waals surface area contributed by atoms with Crippen LogP contribution in [0.4, 0.5) is 4.79 Å². The Kier molecular flexibility index (Phi) is 5.19. The smallest absolute Gasteiger partial charge is 0.418 e. The number of amides is 4. The first-order valence-corrected chi connectivity index (χ1v) is 11.4. The second kappa shape index (κ2) is 7.95. The molecule has 1 aliphatic carbocycles. The molecule has 3 aliphatic rings. The molecule has 2 aliphatic heterocycles. The number of benzene rings is 1. The van der Waals surface area contributed by atoms with Gasteiger partial charge in [-0.15, -0.1) is 0 Å². The average Bonchev–Trinajstić information content (AvgIpc) is 3.37. The summed E-state index contributed by atoms with van der Waals surface area (Å²) >= 11 is 3.46. The summed E-state index contributed by atoms with van der Waals surface area (Å²) < 4.78 is 7.32. The molecule has 10 heteroatoms. The molecule has 0 N–H and O–H groups in total. The Hall–Kier alpha value is -3.27. The number of hydrogen-bond donors (Lipinski definition) is 0. The zero-order chi connectivity index (χ0) is 23.4. The first-order chi connectivity index (χ1) is 15.8. The lowest BCUT2D eigenvalue weighted by atomic mass is 9.79. The highest BCUT2D eigenvalue weighted by atomic mass is 79.9. The first-order valence-electron chi connectivity index (χ1n) is 10.6. The third-order valence-corrected chi connectivity index (χ3v) is 7.15. The normalized spacial score (nSPS) is 21.9. The van der Waals surface area contributed by atoms with Crippen LogP contribution in [0.25, 0.3) is 10.9 Å². The van der Waals surface area contributed by atoms with Gasteiger partial charge in [-0.05, 0) is 36.6 Å². The Bertz CT molecular complexity index is 1260. The number of carbonyl (C=O) groups is 5. The molecule has 3 heterocycles. The number of ether oxygens (including phenoxy) is 1. The van der Waals surface area contributed by atoms with Crippen LogP contribution < -0.4 is 0 Å². The van der Waals surface area contributed by atoms with E-state index in [1.165, 1.54) is 28.7 Å². The summed E-state index contributed by atoms with van der Waals surface area (Å²) in [7, 11) is 1.31. The van der Waals surface area contributed by atoms with Gasteiger partial charge in [0.15, 0.2) is 0 Å². The van der Waals surface area contributed by atoms with Crippen LogP contribution in [0.2, 0.25) is 0 Å². The van der Waals surface area contributed by atoms with Crippen LogP contribution in [0.1, 0.15) is 17.7 Å². The number of aromatic nitrogens is 1. The molecule has 2 unspecified atom stereocenters. The number of hydrogen-bond acceptors (Lipinski definition) is 6. The highest BCUT2D eigenvalue weighted by Gasteiger charge is 2.50. The molecule has 9 nitrogen and oxygen atoms in total. The first kappa shape index (κ1) is 21.6. The van der Waals surface area contributed by atoms with Gasteiger partial charge in [-0.2, -0.15) is 0 Å². The number of imide groups is 2. The van der Waals surface area contributed by atoms with E-state index < -0.39 is 17.9 Å². The van der Waals surface area contributed by atoms with Gasteiger partial charge in [0.05, 0.1) is 24.5 Å². The van der Waals surface area contributed by atoms with Crippen molar-refractivity contribution in [2.24, 2.45) is 11.8 Å². The average molecular weight is 514 g/mol. The fraction of sp³-hybridized carbons (Fsp3) is 0.348. The molecule has 0 spiro atoms. The van der Waals surface area contributed by atoms with E-state index >= 15 is 0 Å². The van der Waals surface area contributed by atoms with E-state index in [9.17, 15) is 24.0 Å². The van der Waals surface area contributed by atoms with E-state index in [-0.39, 0.29) is 43.1 Å². The Morgan fingerprint density at radius 3 is 2.30 bits per heavy atom. The molecule has 5 rings (SSSR count). The highest BCUT2D eigenvalue weighted by molar-refractivity contribution is 9.10. The lowest BCUT2D eigenvalue weighted by molar-refractivity contribution is -0.139. The van der Waals surface area contributed by atoms with E-state index in [1.807, 2.05) is 18.2 Å². The summed E-state index contributed by atoms with van der Waals surface area (Å²) in [5.74, 6) is -2.37. The monoisotopic (exact) mass is 513 g/mol. The van der Waals surface area contributed by atoms with E-state index in [0.29, 0.717) is 24.1 Å². The molecule has 170 valence electrons. The van der Waals surface area contributed by atoms with Gasteiger partial charge in [0, 0.05) is 47.2 Å². The van der Waals surface area contributed by atoms with Gasteiger partial charge in [-0.25, -0.2) is 9.36 Å². The zero-order valence-corrected chi connectivity index (χ0v) is 19.3. The van der Waals surface area contributed by atoms with Crippen LogP contribution in [0, 0.1) is 11.8 Å². The van der Waals surface area contributed by atoms with Crippen molar-refractivity contribution in [2.45, 2.75) is 19.3 Å². The van der Waals surface area contributed by atoms with Crippen molar-refractivity contribution in [3.8, 4) is 0 Å². The molecule has 2 atom stereocenters. The fourth-order valence-electron chi connectivity index (χ4n) is 5.12. The molecule has 1 aromatic carbocycles. The summed E-state index contributed by atoms with van der Waals surface area (Å²) in [5.41, 5.74) is 2.25. The molecule has 33 heavy (non-hydrogen) atoms. The molecule has 4 amide bonds. The van der Waals surface area contributed by atoms with Crippen LogP contribution in [-0.4, -0.2) is 64.3 Å². The number of fused-ring (bicyclic) bond motifs is 4. The lowest BCUT2D eigenvalue weighted by Crippen LogP contribution is -2.36. The van der Waals surface area contributed by atoms with Crippen molar-refractivity contribution in [1.29, 1.82) is 0 Å². The maximum atomic E-state index is 13.2. The molecule has 0 bridgehead atoms. The molecule has 0 radical (unpaired) electrons. The van der Waals surface area contributed by atoms with Crippen LogP contribution in [-0.2, 0) is 36.8 Å². The Morgan fingerprint density at radius 1 is 1.00 bits per heavy atom. The number of halogens is 1. The van der Waals surface area contributed by atoms with Crippen molar-refractivity contribution < 1.29 is 28.7 Å². The predicted octanol–water partition coefficient (Wildman–Crippen LogP) is 2.03. The minimum atomic E-state index is -0.558. The van der Waals surface area contributed by atoms with Gasteiger partial charge in [0.2, 0.25) is 11.8 Å². The lowest BCUT2D eigenvalue weighted by Gasteiger charge is -2.23. The van der Waals surface area contributed by atoms with E-state index in [4.69, 9.17) is 4.74 Å². The third-order valence-electron chi connectivity index (χ3n) is 6.65. The van der Waals surface area contributed by atoms with Gasteiger partial charge in [0.25, 0.3) is 11.8 Å². The standard InChI is InChI=1S/C23H20BrN3O6/c1-33-23(32)27-17-4-3-12(24)9-13(17)14-10-15-16(11-18(14)27)22(31)26(21(15)30)8-2-7-25-19(28)5-6-20(25)29/h3-6,9,15-16H,2,7-8,10-11H2,1H3. The van der Waals surface area contributed by atoms with E-state index in [0.717, 1.165) is 20.3 Å². The Labute approximate surface area is 197 Å². The van der Waals surface area contributed by atoms with Crippen molar-refractivity contribution in [3.05, 3.63) is 46.1 Å². The molecule has 1 saturated heterocycles. The maximum Gasteiger partial charge on any atom is 0.418 e. The molecule has 2 aromatic rings. The molecule has 1 fully saturated rings. The summed E-state index contributed by atoms with van der Waals surface area (Å²) in [6.45, 7) is 0.276. The Balaban J connectivity index is 1.40. The van der Waals surface area contributed by atoms with E-state index in [1.54, 1.807) is 0 Å². The fourth-order valence-corrected chi connectivity index (χ4v) is 5.48. The zero-order valence-electron chi connectivity index (χ0n) is 17.7. The van der Waals surface area contributed by atoms with Crippen LogP contribution in [0.5, 0.6) is 0 Å². The summed E-state index contributed by atoms with van der Waals surface area (Å²) in [5, 5.41) is 0.848. The second-order valence-electron chi connectivity index (χ2n) is 8.36. The quantitative estimate of drug-likeness (QED) is 0.579. The van der Waals surface area contributed by atoms with Gasteiger partial charge in [-0.3, -0.25) is 29.0 Å². The minimum Gasteiger partial charge on any atom is -0.452 e. The second-order valence-corrected chi connectivity index (χ2v) is 9.27. The molecule has 0 saturated carbocycles.